The summed E-state index contributed by atoms with van der Waals surface area (Å²) in [4.78, 5) is 39.4. The van der Waals surface area contributed by atoms with Crippen molar-refractivity contribution in [3.05, 3.63) is 71.3 Å². The lowest BCUT2D eigenvalue weighted by Crippen LogP contribution is -2.53. The molecule has 32 heavy (non-hydrogen) atoms. The Morgan fingerprint density at radius 3 is 2.22 bits per heavy atom. The SMILES string of the molecule is CCCCC(N)C(=O)N(Cc1ccccc1)C(=O)[C@H](C)NC(=O)Cc1cc(F)cc(F)c1. The minimum Gasteiger partial charge on any atom is -0.344 e. The number of rotatable bonds is 10. The van der Waals surface area contributed by atoms with Gasteiger partial charge in [-0.25, -0.2) is 8.78 Å². The third-order valence-corrected chi connectivity index (χ3v) is 4.94. The fraction of sp³-hybridized carbons (Fsp3) is 0.375. The summed E-state index contributed by atoms with van der Waals surface area (Å²) in [6.07, 6.45) is 1.74. The largest absolute Gasteiger partial charge is 0.344 e. The van der Waals surface area contributed by atoms with E-state index in [0.29, 0.717) is 12.5 Å². The predicted octanol–water partition coefficient (Wildman–Crippen LogP) is 3.08. The molecule has 0 spiro atoms. The molecular formula is C24H29F2N3O3. The van der Waals surface area contributed by atoms with Gasteiger partial charge in [-0.05, 0) is 36.6 Å². The average Bonchev–Trinajstić information content (AvgIpc) is 2.74. The van der Waals surface area contributed by atoms with E-state index in [9.17, 15) is 23.2 Å². The lowest BCUT2D eigenvalue weighted by molar-refractivity contribution is -0.148. The summed E-state index contributed by atoms with van der Waals surface area (Å²) in [5.41, 5.74) is 6.90. The lowest BCUT2D eigenvalue weighted by atomic mass is 10.1. The standard InChI is InChI=1S/C24H29F2N3O3/c1-3-4-10-21(27)24(32)29(15-17-8-6-5-7-9-17)23(31)16(2)28-22(30)13-18-11-19(25)14-20(26)12-18/h5-9,11-12,14,16,21H,3-4,10,13,15,27H2,1-2H3,(H,28,30)/t16-,21?/m0/s1. The first-order chi connectivity index (χ1) is 15.2. The number of benzene rings is 2. The normalized spacial score (nSPS) is 12.7. The van der Waals surface area contributed by atoms with E-state index in [1.165, 1.54) is 6.92 Å². The van der Waals surface area contributed by atoms with Gasteiger partial charge in [-0.2, -0.15) is 0 Å². The second-order valence-corrected chi connectivity index (χ2v) is 7.74. The van der Waals surface area contributed by atoms with Crippen LogP contribution in [0.3, 0.4) is 0 Å². The van der Waals surface area contributed by atoms with Gasteiger partial charge < -0.3 is 11.1 Å². The summed E-state index contributed by atoms with van der Waals surface area (Å²) in [5, 5.41) is 2.50. The summed E-state index contributed by atoms with van der Waals surface area (Å²) >= 11 is 0. The first kappa shape index (κ1) is 25.1. The maximum atomic E-state index is 13.4. The topological polar surface area (TPSA) is 92.5 Å². The van der Waals surface area contributed by atoms with Crippen LogP contribution in [-0.4, -0.2) is 34.7 Å². The molecule has 2 rings (SSSR count). The van der Waals surface area contributed by atoms with Crippen molar-refractivity contribution in [2.45, 2.75) is 58.2 Å². The molecule has 0 aliphatic carbocycles. The molecule has 2 aromatic rings. The zero-order chi connectivity index (χ0) is 23.7. The quantitative estimate of drug-likeness (QED) is 0.588. The van der Waals surface area contributed by atoms with Crippen LogP contribution in [0.2, 0.25) is 0 Å². The van der Waals surface area contributed by atoms with E-state index in [4.69, 9.17) is 5.73 Å². The highest BCUT2D eigenvalue weighted by molar-refractivity contribution is 6.01. The second kappa shape index (κ2) is 12.0. The number of carbonyl (C=O) groups is 3. The number of hydrogen-bond donors (Lipinski definition) is 2. The zero-order valence-electron chi connectivity index (χ0n) is 18.3. The molecule has 6 nitrogen and oxygen atoms in total. The third-order valence-electron chi connectivity index (χ3n) is 4.94. The van der Waals surface area contributed by atoms with Crippen LogP contribution in [0.4, 0.5) is 8.78 Å². The van der Waals surface area contributed by atoms with E-state index in [2.05, 4.69) is 5.32 Å². The predicted molar refractivity (Wildman–Crippen MR) is 117 cm³/mol. The van der Waals surface area contributed by atoms with Gasteiger partial charge in [-0.1, -0.05) is 50.1 Å². The van der Waals surface area contributed by atoms with Crippen LogP contribution in [0.15, 0.2) is 48.5 Å². The van der Waals surface area contributed by atoms with Gasteiger partial charge in [0.05, 0.1) is 19.0 Å². The number of hydrogen-bond acceptors (Lipinski definition) is 4. The zero-order valence-corrected chi connectivity index (χ0v) is 18.3. The monoisotopic (exact) mass is 445 g/mol. The molecule has 0 saturated heterocycles. The summed E-state index contributed by atoms with van der Waals surface area (Å²) < 4.78 is 26.7. The molecular weight excluding hydrogens is 416 g/mol. The van der Waals surface area contributed by atoms with Crippen LogP contribution in [0, 0.1) is 11.6 Å². The number of carbonyl (C=O) groups excluding carboxylic acids is 3. The Bertz CT molecular complexity index is 917. The van der Waals surface area contributed by atoms with Crippen molar-refractivity contribution in [3.63, 3.8) is 0 Å². The highest BCUT2D eigenvalue weighted by atomic mass is 19.1. The Kier molecular flexibility index (Phi) is 9.46. The second-order valence-electron chi connectivity index (χ2n) is 7.74. The van der Waals surface area contributed by atoms with Gasteiger partial charge in [0.2, 0.25) is 11.8 Å². The molecule has 0 radical (unpaired) electrons. The molecule has 0 heterocycles. The fourth-order valence-electron chi connectivity index (χ4n) is 3.26. The van der Waals surface area contributed by atoms with Crippen molar-refractivity contribution >= 4 is 17.7 Å². The molecule has 2 aromatic carbocycles. The molecule has 0 aromatic heterocycles. The third kappa shape index (κ3) is 7.53. The Hall–Kier alpha value is -3.13. The van der Waals surface area contributed by atoms with Crippen molar-refractivity contribution in [1.82, 2.24) is 10.2 Å². The van der Waals surface area contributed by atoms with Crippen molar-refractivity contribution < 1.29 is 23.2 Å². The highest BCUT2D eigenvalue weighted by Crippen LogP contribution is 2.12. The molecule has 0 bridgehead atoms. The maximum absolute atomic E-state index is 13.4. The molecule has 0 fully saturated rings. The molecule has 0 aliphatic rings. The first-order valence-corrected chi connectivity index (χ1v) is 10.6. The van der Waals surface area contributed by atoms with Crippen molar-refractivity contribution in [2.75, 3.05) is 0 Å². The van der Waals surface area contributed by atoms with E-state index in [-0.39, 0.29) is 18.5 Å². The molecule has 0 aliphatic heterocycles. The number of imide groups is 1. The Balaban J connectivity index is 2.12. The summed E-state index contributed by atoms with van der Waals surface area (Å²) in [7, 11) is 0. The minimum absolute atomic E-state index is 0.0215. The number of halogens is 2. The number of unbranched alkanes of at least 4 members (excludes halogenated alkanes) is 1. The van der Waals surface area contributed by atoms with Gasteiger partial charge in [0.15, 0.2) is 0 Å². The molecule has 1 unspecified atom stereocenters. The van der Waals surface area contributed by atoms with Crippen LogP contribution in [0.1, 0.15) is 44.2 Å². The number of amides is 3. The summed E-state index contributed by atoms with van der Waals surface area (Å²) in [6.45, 7) is 3.45. The van der Waals surface area contributed by atoms with Crippen LogP contribution < -0.4 is 11.1 Å². The molecule has 172 valence electrons. The first-order valence-electron chi connectivity index (χ1n) is 10.6. The van der Waals surface area contributed by atoms with Crippen molar-refractivity contribution in [3.8, 4) is 0 Å². The van der Waals surface area contributed by atoms with Gasteiger partial charge in [0.1, 0.15) is 17.7 Å². The number of nitrogens with one attached hydrogen (secondary N) is 1. The fourth-order valence-corrected chi connectivity index (χ4v) is 3.26. The van der Waals surface area contributed by atoms with Crippen molar-refractivity contribution in [1.29, 1.82) is 0 Å². The van der Waals surface area contributed by atoms with E-state index < -0.39 is 41.4 Å². The van der Waals surface area contributed by atoms with Crippen LogP contribution >= 0.6 is 0 Å². The number of nitrogens with two attached hydrogens (primary N) is 1. The number of nitrogens with zero attached hydrogens (tertiary/aromatic N) is 1. The highest BCUT2D eigenvalue weighted by Gasteiger charge is 2.30. The van der Waals surface area contributed by atoms with E-state index in [1.807, 2.05) is 13.0 Å². The van der Waals surface area contributed by atoms with Gasteiger partial charge in [0.25, 0.3) is 5.91 Å². The Labute approximate surface area is 186 Å². The molecule has 3 N–H and O–H groups in total. The van der Waals surface area contributed by atoms with Crippen LogP contribution in [0.25, 0.3) is 0 Å². The summed E-state index contributed by atoms with van der Waals surface area (Å²) in [5.74, 6) is -3.31. The maximum Gasteiger partial charge on any atom is 0.251 e. The molecule has 2 atom stereocenters. The van der Waals surface area contributed by atoms with Gasteiger partial charge in [0, 0.05) is 6.07 Å². The van der Waals surface area contributed by atoms with Crippen LogP contribution in [0.5, 0.6) is 0 Å². The minimum atomic E-state index is -1.04. The molecule has 3 amide bonds. The molecule has 0 saturated carbocycles. The average molecular weight is 446 g/mol. The van der Waals surface area contributed by atoms with Crippen molar-refractivity contribution in [2.24, 2.45) is 5.73 Å². The van der Waals surface area contributed by atoms with Crippen LogP contribution in [-0.2, 0) is 27.3 Å². The van der Waals surface area contributed by atoms with Gasteiger partial charge in [-0.3, -0.25) is 19.3 Å². The Morgan fingerprint density at radius 1 is 1.00 bits per heavy atom. The van der Waals surface area contributed by atoms with Gasteiger partial charge >= 0.3 is 0 Å². The summed E-state index contributed by atoms with van der Waals surface area (Å²) in [6, 6.07) is 9.92. The smallest absolute Gasteiger partial charge is 0.251 e. The van der Waals surface area contributed by atoms with E-state index in [0.717, 1.165) is 35.4 Å². The van der Waals surface area contributed by atoms with E-state index in [1.54, 1.807) is 24.3 Å². The van der Waals surface area contributed by atoms with Gasteiger partial charge in [-0.15, -0.1) is 0 Å². The Morgan fingerprint density at radius 2 is 1.62 bits per heavy atom. The lowest BCUT2D eigenvalue weighted by Gasteiger charge is -2.27. The molecule has 8 heteroatoms. The van der Waals surface area contributed by atoms with E-state index >= 15 is 0 Å².